The van der Waals surface area contributed by atoms with Crippen molar-refractivity contribution in [3.8, 4) is 39.8 Å². The van der Waals surface area contributed by atoms with Gasteiger partial charge in [-0.25, -0.2) is 9.67 Å². The second-order valence-corrected chi connectivity index (χ2v) is 14.2. The average molecular weight is 718 g/mol. The zero-order valence-corrected chi connectivity index (χ0v) is 30.0. The first kappa shape index (κ1) is 30.7. The molecule has 0 radical (unpaired) electrons. The summed E-state index contributed by atoms with van der Waals surface area (Å²) in [5.41, 5.74) is 11.4. The molecule has 262 valence electrons. The zero-order valence-electron chi connectivity index (χ0n) is 30.0. The Balaban J connectivity index is 1.10. The van der Waals surface area contributed by atoms with Crippen LogP contribution in [0.4, 0.5) is 0 Å². The highest BCUT2D eigenvalue weighted by atomic mass is 16.3. The van der Waals surface area contributed by atoms with Gasteiger partial charge in [-0.2, -0.15) is 0 Å². The first-order valence-electron chi connectivity index (χ1n) is 18.8. The van der Waals surface area contributed by atoms with Crippen LogP contribution in [0.1, 0.15) is 0 Å². The number of hydrogen-bond donors (Lipinski definition) is 0. The van der Waals surface area contributed by atoms with Gasteiger partial charge < -0.3 is 13.6 Å². The van der Waals surface area contributed by atoms with E-state index in [0.29, 0.717) is 5.82 Å². The standard InChI is InChI=1S/C50H31N5O/c1-3-15-32(16-4-1)49-51-50(33-17-5-2-6-18-33)55(52-49)43-27-14-26-41-46(43)36-21-7-10-24-39(36)53(41)34-19-13-20-35(31-34)54-40-25-11-8-22-37(40)47-42(54)29-30-45-48(47)38-23-9-12-28-44(38)56-45/h1-31H. The van der Waals surface area contributed by atoms with Crippen LogP contribution < -0.4 is 0 Å². The molecule has 0 unspecified atom stereocenters. The minimum absolute atomic E-state index is 0.685. The Morgan fingerprint density at radius 2 is 0.964 bits per heavy atom. The Kier molecular flexibility index (Phi) is 6.53. The van der Waals surface area contributed by atoms with Gasteiger partial charge in [0.2, 0.25) is 0 Å². The summed E-state index contributed by atoms with van der Waals surface area (Å²) in [6.45, 7) is 0. The fraction of sp³-hybridized carbons (Fsp3) is 0. The molecule has 12 aromatic rings. The third-order valence-corrected chi connectivity index (χ3v) is 11.1. The maximum atomic E-state index is 6.35. The molecule has 8 aromatic carbocycles. The van der Waals surface area contributed by atoms with Crippen molar-refractivity contribution >= 4 is 65.6 Å². The van der Waals surface area contributed by atoms with Crippen molar-refractivity contribution in [2.45, 2.75) is 0 Å². The normalized spacial score (nSPS) is 11.9. The SMILES string of the molecule is c1ccc(-c2nc(-c3ccccc3)n(-c3cccc4c3c3ccccc3n4-c3cccc(-n4c5ccccc5c5c6c(ccc54)oc4ccccc46)c3)n2)cc1. The second kappa shape index (κ2) is 11.9. The molecule has 0 spiro atoms. The molecule has 0 saturated carbocycles. The Hall–Kier alpha value is -7.70. The van der Waals surface area contributed by atoms with Crippen molar-refractivity contribution in [1.29, 1.82) is 0 Å². The van der Waals surface area contributed by atoms with Crippen molar-refractivity contribution in [2.75, 3.05) is 0 Å². The van der Waals surface area contributed by atoms with Crippen LogP contribution in [0.2, 0.25) is 0 Å². The van der Waals surface area contributed by atoms with E-state index in [1.165, 1.54) is 10.8 Å². The summed E-state index contributed by atoms with van der Waals surface area (Å²) >= 11 is 0. The molecule has 0 bridgehead atoms. The van der Waals surface area contributed by atoms with Gasteiger partial charge in [0.15, 0.2) is 11.6 Å². The fourth-order valence-electron chi connectivity index (χ4n) is 8.74. The highest BCUT2D eigenvalue weighted by Crippen LogP contribution is 2.42. The number of fused-ring (bicyclic) bond motifs is 10. The quantitative estimate of drug-likeness (QED) is 0.178. The first-order valence-corrected chi connectivity index (χ1v) is 18.8. The van der Waals surface area contributed by atoms with E-state index in [1.54, 1.807) is 0 Å². The maximum absolute atomic E-state index is 6.35. The molecule has 56 heavy (non-hydrogen) atoms. The molecular formula is C50H31N5O. The Morgan fingerprint density at radius 3 is 1.70 bits per heavy atom. The highest BCUT2D eigenvalue weighted by Gasteiger charge is 2.22. The van der Waals surface area contributed by atoms with Crippen molar-refractivity contribution in [3.63, 3.8) is 0 Å². The van der Waals surface area contributed by atoms with Gasteiger partial charge in [-0.15, -0.1) is 5.10 Å². The number of rotatable bonds is 5. The van der Waals surface area contributed by atoms with E-state index in [-0.39, 0.29) is 0 Å². The van der Waals surface area contributed by atoms with E-state index in [0.717, 1.165) is 88.8 Å². The third-order valence-electron chi connectivity index (χ3n) is 11.1. The Labute approximate surface area is 320 Å². The van der Waals surface area contributed by atoms with Gasteiger partial charge in [0, 0.05) is 54.8 Å². The molecule has 0 aliphatic carbocycles. The van der Waals surface area contributed by atoms with Crippen molar-refractivity contribution in [3.05, 3.63) is 188 Å². The summed E-state index contributed by atoms with van der Waals surface area (Å²) in [6.07, 6.45) is 0. The summed E-state index contributed by atoms with van der Waals surface area (Å²) in [5, 5.41) is 12.1. The smallest absolute Gasteiger partial charge is 0.182 e. The molecule has 12 rings (SSSR count). The summed E-state index contributed by atoms with van der Waals surface area (Å²) in [6, 6.07) is 65.9. The lowest BCUT2D eigenvalue weighted by molar-refractivity contribution is 0.669. The van der Waals surface area contributed by atoms with Crippen LogP contribution in [0.5, 0.6) is 0 Å². The van der Waals surface area contributed by atoms with Crippen LogP contribution in [0.3, 0.4) is 0 Å². The minimum atomic E-state index is 0.685. The first-order chi connectivity index (χ1) is 27.8. The predicted octanol–water partition coefficient (Wildman–Crippen LogP) is 12.7. The molecule has 0 amide bonds. The van der Waals surface area contributed by atoms with Gasteiger partial charge in [0.25, 0.3) is 0 Å². The number of benzene rings is 8. The fourth-order valence-corrected chi connectivity index (χ4v) is 8.74. The molecule has 0 fully saturated rings. The van der Waals surface area contributed by atoms with Gasteiger partial charge in [-0.1, -0.05) is 127 Å². The summed E-state index contributed by atoms with van der Waals surface area (Å²) < 4.78 is 13.1. The molecule has 0 aliphatic heterocycles. The van der Waals surface area contributed by atoms with E-state index in [2.05, 4.69) is 155 Å². The lowest BCUT2D eigenvalue weighted by atomic mass is 10.1. The van der Waals surface area contributed by atoms with Crippen molar-refractivity contribution in [2.24, 2.45) is 0 Å². The van der Waals surface area contributed by atoms with Crippen molar-refractivity contribution in [1.82, 2.24) is 23.9 Å². The average Bonchev–Trinajstić information content (AvgIpc) is 4.04. The van der Waals surface area contributed by atoms with Gasteiger partial charge in [-0.3, -0.25) is 0 Å². The highest BCUT2D eigenvalue weighted by molar-refractivity contribution is 6.27. The van der Waals surface area contributed by atoms with Gasteiger partial charge in [0.05, 0.1) is 27.8 Å². The van der Waals surface area contributed by atoms with Crippen LogP contribution in [0.25, 0.3) is 105 Å². The molecular weight excluding hydrogens is 687 g/mol. The predicted molar refractivity (Wildman–Crippen MR) is 228 cm³/mol. The summed E-state index contributed by atoms with van der Waals surface area (Å²) in [7, 11) is 0. The largest absolute Gasteiger partial charge is 0.456 e. The monoisotopic (exact) mass is 717 g/mol. The molecule has 0 saturated heterocycles. The van der Waals surface area contributed by atoms with Crippen LogP contribution in [-0.2, 0) is 0 Å². The number of para-hydroxylation sites is 3. The second-order valence-electron chi connectivity index (χ2n) is 14.2. The maximum Gasteiger partial charge on any atom is 0.182 e. The molecule has 0 aliphatic rings. The van der Waals surface area contributed by atoms with Crippen LogP contribution in [0.15, 0.2) is 192 Å². The van der Waals surface area contributed by atoms with Crippen molar-refractivity contribution < 1.29 is 4.42 Å². The van der Waals surface area contributed by atoms with E-state index in [1.807, 2.05) is 47.1 Å². The van der Waals surface area contributed by atoms with Gasteiger partial charge >= 0.3 is 0 Å². The van der Waals surface area contributed by atoms with Crippen LogP contribution in [0, 0.1) is 0 Å². The van der Waals surface area contributed by atoms with Crippen LogP contribution in [-0.4, -0.2) is 23.9 Å². The lowest BCUT2D eigenvalue weighted by Gasteiger charge is -2.13. The molecule has 6 heteroatoms. The summed E-state index contributed by atoms with van der Waals surface area (Å²) in [4.78, 5) is 5.14. The van der Waals surface area contributed by atoms with Gasteiger partial charge in [0.1, 0.15) is 11.2 Å². The number of hydrogen-bond acceptors (Lipinski definition) is 3. The lowest BCUT2D eigenvalue weighted by Crippen LogP contribution is -2.01. The van der Waals surface area contributed by atoms with Gasteiger partial charge in [-0.05, 0) is 60.7 Å². The molecule has 4 aromatic heterocycles. The minimum Gasteiger partial charge on any atom is -0.456 e. The summed E-state index contributed by atoms with van der Waals surface area (Å²) in [5.74, 6) is 1.48. The van der Waals surface area contributed by atoms with E-state index >= 15 is 0 Å². The van der Waals surface area contributed by atoms with Crippen LogP contribution >= 0.6 is 0 Å². The molecule has 0 atom stereocenters. The Morgan fingerprint density at radius 1 is 0.393 bits per heavy atom. The number of nitrogens with zero attached hydrogens (tertiary/aromatic N) is 5. The topological polar surface area (TPSA) is 53.7 Å². The third kappa shape index (κ3) is 4.44. The van der Waals surface area contributed by atoms with E-state index in [4.69, 9.17) is 14.5 Å². The molecule has 0 N–H and O–H groups in total. The number of aromatic nitrogens is 5. The van der Waals surface area contributed by atoms with E-state index in [9.17, 15) is 0 Å². The molecule has 4 heterocycles. The van der Waals surface area contributed by atoms with E-state index < -0.39 is 0 Å². The Bertz CT molecular complexity index is 3480. The number of furan rings is 1. The zero-order chi connectivity index (χ0) is 36.7. The molecule has 6 nitrogen and oxygen atoms in total.